The molecule has 4 rings (SSSR count). The molecule has 4 aromatic rings. The molecule has 0 saturated carbocycles. The lowest BCUT2D eigenvalue weighted by molar-refractivity contribution is 0.793. The summed E-state index contributed by atoms with van der Waals surface area (Å²) in [6, 6.07) is 3.73. The highest BCUT2D eigenvalue weighted by molar-refractivity contribution is 5.66. The summed E-state index contributed by atoms with van der Waals surface area (Å²) in [5.74, 6) is 1.15. The maximum atomic E-state index is 9.29. The Balaban J connectivity index is 1.82. The number of nitrogens with zero attached hydrogens (tertiary/aromatic N) is 10. The molecule has 0 bridgehead atoms. The van der Waals surface area contributed by atoms with E-state index in [-0.39, 0.29) is 11.4 Å². The summed E-state index contributed by atoms with van der Waals surface area (Å²) in [4.78, 5) is 12.5. The second-order valence-electron chi connectivity index (χ2n) is 5.13. The highest BCUT2D eigenvalue weighted by Crippen LogP contribution is 2.27. The average Bonchev–Trinajstić information content (AvgIpc) is 3.26. The highest BCUT2D eigenvalue weighted by Gasteiger charge is 2.16. The number of nitrogens with one attached hydrogen (secondary N) is 1. The third-order valence-electron chi connectivity index (χ3n) is 3.40. The number of fused-ring (bicyclic) bond motifs is 1. The summed E-state index contributed by atoms with van der Waals surface area (Å²) >= 11 is 0. The molecule has 0 atom stereocenters. The van der Waals surface area contributed by atoms with Gasteiger partial charge in [-0.2, -0.15) is 19.7 Å². The molecule has 25 heavy (non-hydrogen) atoms. The van der Waals surface area contributed by atoms with Crippen molar-refractivity contribution in [2.45, 2.75) is 13.8 Å². The molecule has 0 unspecified atom stereocenters. The molecular formula is C14H11N11. The molecule has 0 aromatic carbocycles. The molecule has 4 heterocycles. The molecule has 11 heteroatoms. The van der Waals surface area contributed by atoms with E-state index in [1.165, 1.54) is 15.5 Å². The van der Waals surface area contributed by atoms with Crippen molar-refractivity contribution in [2.75, 3.05) is 0 Å². The summed E-state index contributed by atoms with van der Waals surface area (Å²) in [6.45, 7) is 3.62. The minimum absolute atomic E-state index is 0.240. The van der Waals surface area contributed by atoms with Gasteiger partial charge in [0.15, 0.2) is 11.5 Å². The van der Waals surface area contributed by atoms with Crippen LogP contribution in [0.4, 0.5) is 11.5 Å². The van der Waals surface area contributed by atoms with Crippen LogP contribution in [-0.4, -0.2) is 39.6 Å². The lowest BCUT2D eigenvalue weighted by Gasteiger charge is -2.00. The second kappa shape index (κ2) is 5.60. The van der Waals surface area contributed by atoms with Crippen molar-refractivity contribution in [3.63, 3.8) is 0 Å². The van der Waals surface area contributed by atoms with Crippen LogP contribution in [0.1, 0.15) is 17.1 Å². The van der Waals surface area contributed by atoms with Crippen LogP contribution in [-0.2, 0) is 0 Å². The number of aromatic nitrogens is 8. The van der Waals surface area contributed by atoms with E-state index >= 15 is 0 Å². The molecule has 0 aliphatic rings. The normalized spacial score (nSPS) is 11.4. The third-order valence-corrected chi connectivity index (χ3v) is 3.40. The Morgan fingerprint density at radius 2 is 2.00 bits per heavy atom. The molecule has 0 aliphatic heterocycles. The van der Waals surface area contributed by atoms with Crippen LogP contribution in [0.2, 0.25) is 0 Å². The maximum Gasteiger partial charge on any atom is 0.252 e. The van der Waals surface area contributed by atoms with Gasteiger partial charge >= 0.3 is 0 Å². The topological polar surface area (TPSA) is 138 Å². The SMILES string of the molecule is Cc1nc2c(N=Nc3c(C#N)cnn3-c3ncccn3)c(C)[nH]n2n1. The molecule has 0 amide bonds. The Hall–Kier alpha value is -3.94. The Morgan fingerprint density at radius 1 is 1.20 bits per heavy atom. The van der Waals surface area contributed by atoms with Gasteiger partial charge in [-0.25, -0.2) is 15.0 Å². The first-order valence-corrected chi connectivity index (χ1v) is 7.26. The van der Waals surface area contributed by atoms with Gasteiger partial charge in [0.1, 0.15) is 17.5 Å². The smallest absolute Gasteiger partial charge is 0.252 e. The van der Waals surface area contributed by atoms with E-state index in [0.717, 1.165) is 5.69 Å². The fourth-order valence-electron chi connectivity index (χ4n) is 2.31. The van der Waals surface area contributed by atoms with Gasteiger partial charge < -0.3 is 0 Å². The first-order valence-electron chi connectivity index (χ1n) is 7.26. The van der Waals surface area contributed by atoms with Crippen molar-refractivity contribution < 1.29 is 0 Å². The second-order valence-corrected chi connectivity index (χ2v) is 5.13. The molecule has 0 radical (unpaired) electrons. The Labute approximate surface area is 140 Å². The standard InChI is InChI=1S/C14H11N11/c1-8-11(13-19-9(2)23-25(13)22-8)20-21-12-10(6-15)7-18-24(12)14-16-4-3-5-17-14/h3-5,7,22H,1-2H3. The van der Waals surface area contributed by atoms with Crippen LogP contribution in [0.5, 0.6) is 0 Å². The summed E-state index contributed by atoms with van der Waals surface area (Å²) in [5, 5.41) is 29.1. The first-order chi connectivity index (χ1) is 12.2. The van der Waals surface area contributed by atoms with Crippen molar-refractivity contribution in [3.8, 4) is 12.0 Å². The summed E-state index contributed by atoms with van der Waals surface area (Å²) < 4.78 is 2.89. The van der Waals surface area contributed by atoms with Crippen LogP contribution in [0, 0.1) is 25.2 Å². The van der Waals surface area contributed by atoms with Gasteiger partial charge in [-0.05, 0) is 19.9 Å². The predicted octanol–water partition coefficient (Wildman–Crippen LogP) is 1.94. The number of nitriles is 1. The van der Waals surface area contributed by atoms with Gasteiger partial charge in [-0.15, -0.1) is 15.3 Å². The van der Waals surface area contributed by atoms with Crippen LogP contribution in [0.15, 0.2) is 34.9 Å². The van der Waals surface area contributed by atoms with Gasteiger partial charge in [0.25, 0.3) is 5.95 Å². The molecule has 0 spiro atoms. The van der Waals surface area contributed by atoms with Crippen molar-refractivity contribution in [1.29, 1.82) is 5.26 Å². The number of hydrogen-bond donors (Lipinski definition) is 1. The van der Waals surface area contributed by atoms with E-state index in [1.54, 1.807) is 25.4 Å². The molecule has 0 saturated heterocycles. The quantitative estimate of drug-likeness (QED) is 0.568. The zero-order valence-corrected chi connectivity index (χ0v) is 13.3. The lowest BCUT2D eigenvalue weighted by Crippen LogP contribution is -2.01. The lowest BCUT2D eigenvalue weighted by atomic mass is 10.4. The van der Waals surface area contributed by atoms with E-state index in [1.807, 2.05) is 13.0 Å². The van der Waals surface area contributed by atoms with Crippen molar-refractivity contribution in [2.24, 2.45) is 10.2 Å². The highest BCUT2D eigenvalue weighted by atomic mass is 15.5. The Kier molecular flexibility index (Phi) is 3.28. The molecular weight excluding hydrogens is 322 g/mol. The number of azo groups is 1. The number of aromatic amines is 1. The molecule has 11 nitrogen and oxygen atoms in total. The van der Waals surface area contributed by atoms with E-state index < -0.39 is 0 Å². The molecule has 0 aliphatic carbocycles. The summed E-state index contributed by atoms with van der Waals surface area (Å²) in [5.41, 5.74) is 2.10. The zero-order valence-electron chi connectivity index (χ0n) is 13.3. The fourth-order valence-corrected chi connectivity index (χ4v) is 2.31. The average molecular weight is 333 g/mol. The Morgan fingerprint density at radius 3 is 2.76 bits per heavy atom. The van der Waals surface area contributed by atoms with E-state index in [0.29, 0.717) is 23.1 Å². The number of H-pyrrole nitrogens is 1. The maximum absolute atomic E-state index is 9.29. The van der Waals surface area contributed by atoms with Crippen LogP contribution < -0.4 is 0 Å². The summed E-state index contributed by atoms with van der Waals surface area (Å²) in [7, 11) is 0. The van der Waals surface area contributed by atoms with Crippen molar-refractivity contribution in [1.82, 2.24) is 39.6 Å². The monoisotopic (exact) mass is 333 g/mol. The van der Waals surface area contributed by atoms with Crippen LogP contribution in [0.25, 0.3) is 11.6 Å². The largest absolute Gasteiger partial charge is 0.278 e. The molecule has 1 N–H and O–H groups in total. The molecule has 4 aromatic heterocycles. The predicted molar refractivity (Wildman–Crippen MR) is 84.9 cm³/mol. The van der Waals surface area contributed by atoms with Gasteiger partial charge in [0, 0.05) is 12.4 Å². The summed E-state index contributed by atoms with van der Waals surface area (Å²) in [6.07, 6.45) is 4.55. The van der Waals surface area contributed by atoms with Crippen LogP contribution in [0.3, 0.4) is 0 Å². The molecule has 122 valence electrons. The number of rotatable bonds is 3. The minimum atomic E-state index is 0.240. The van der Waals surface area contributed by atoms with Gasteiger partial charge in [0.2, 0.25) is 5.65 Å². The van der Waals surface area contributed by atoms with E-state index in [2.05, 4.69) is 40.5 Å². The van der Waals surface area contributed by atoms with Gasteiger partial charge in [0.05, 0.1) is 11.9 Å². The minimum Gasteiger partial charge on any atom is -0.278 e. The van der Waals surface area contributed by atoms with Crippen LogP contribution >= 0.6 is 0 Å². The van der Waals surface area contributed by atoms with Crippen molar-refractivity contribution in [3.05, 3.63) is 41.7 Å². The fraction of sp³-hybridized carbons (Fsp3) is 0.143. The first kappa shape index (κ1) is 14.6. The third kappa shape index (κ3) is 2.41. The van der Waals surface area contributed by atoms with E-state index in [4.69, 9.17) is 0 Å². The Bertz CT molecular complexity index is 1120. The van der Waals surface area contributed by atoms with Gasteiger partial charge in [-0.3, -0.25) is 5.10 Å². The number of aryl methyl sites for hydroxylation is 2. The van der Waals surface area contributed by atoms with Crippen molar-refractivity contribution >= 4 is 17.2 Å². The molecule has 0 fully saturated rings. The van der Waals surface area contributed by atoms with E-state index in [9.17, 15) is 5.26 Å². The zero-order chi connectivity index (χ0) is 17.4. The van der Waals surface area contributed by atoms with Gasteiger partial charge in [-0.1, -0.05) is 0 Å². The number of hydrogen-bond acceptors (Lipinski definition) is 8.